The van der Waals surface area contributed by atoms with E-state index in [1.807, 2.05) is 39.8 Å². The first kappa shape index (κ1) is 17.0. The van der Waals surface area contributed by atoms with E-state index >= 15 is 0 Å². The Balaban J connectivity index is 2.53. The van der Waals surface area contributed by atoms with Crippen molar-refractivity contribution in [1.29, 1.82) is 0 Å². The van der Waals surface area contributed by atoms with E-state index < -0.39 is 0 Å². The molecule has 1 rings (SSSR count). The second-order valence-corrected chi connectivity index (χ2v) is 6.02. The van der Waals surface area contributed by atoms with Gasteiger partial charge in [0, 0.05) is 17.6 Å². The molecule has 0 aromatic heterocycles. The highest BCUT2D eigenvalue weighted by Crippen LogP contribution is 2.05. The summed E-state index contributed by atoms with van der Waals surface area (Å²) in [6.07, 6.45) is 0. The summed E-state index contributed by atoms with van der Waals surface area (Å²) >= 11 is 0. The first-order chi connectivity index (χ1) is 9.73. The number of rotatable bonds is 5. The summed E-state index contributed by atoms with van der Waals surface area (Å²) in [6, 6.07) is 6.99. The molecule has 0 saturated carbocycles. The van der Waals surface area contributed by atoms with Crippen molar-refractivity contribution in [3.05, 3.63) is 35.4 Å². The minimum Gasteiger partial charge on any atom is -0.409 e. The molecule has 0 aliphatic rings. The number of nitrogens with zero attached hydrogens (tertiary/aromatic N) is 1. The van der Waals surface area contributed by atoms with Gasteiger partial charge in [0.05, 0.1) is 6.04 Å². The largest absolute Gasteiger partial charge is 0.409 e. The third-order valence-corrected chi connectivity index (χ3v) is 2.86. The van der Waals surface area contributed by atoms with E-state index in [9.17, 15) is 4.79 Å². The number of hydrogen-bond acceptors (Lipinski definition) is 4. The van der Waals surface area contributed by atoms with E-state index in [1.165, 1.54) is 0 Å². The fourth-order valence-corrected chi connectivity index (χ4v) is 1.69. The Hall–Kier alpha value is -2.08. The molecule has 1 atom stereocenters. The number of carbonyl (C=O) groups excluding carboxylic acids is 1. The second-order valence-electron chi connectivity index (χ2n) is 6.02. The Morgan fingerprint density at radius 2 is 1.90 bits per heavy atom. The number of hydrogen-bond donors (Lipinski definition) is 4. The first-order valence-corrected chi connectivity index (χ1v) is 6.85. The van der Waals surface area contributed by atoms with Gasteiger partial charge in [-0.2, -0.15) is 0 Å². The number of carbonyl (C=O) groups is 1. The lowest BCUT2D eigenvalue weighted by atomic mass is 10.1. The standard InChI is InChI=1S/C15H24N4O2/c1-10(14(20)18-15(2,3)4)17-9-11-5-7-12(8-6-11)13(16)19-21/h5-8,10,17,21H,9H2,1-4H3,(H2,16,19)(H,18,20). The molecule has 6 heteroatoms. The Bertz CT molecular complexity index is 503. The molecule has 0 spiro atoms. The lowest BCUT2D eigenvalue weighted by Crippen LogP contribution is -2.49. The van der Waals surface area contributed by atoms with Crippen molar-refractivity contribution in [3.63, 3.8) is 0 Å². The summed E-state index contributed by atoms with van der Waals surface area (Å²) in [5.41, 5.74) is 6.92. The van der Waals surface area contributed by atoms with Crippen molar-refractivity contribution >= 4 is 11.7 Å². The summed E-state index contributed by atoms with van der Waals surface area (Å²) in [6.45, 7) is 8.23. The van der Waals surface area contributed by atoms with Gasteiger partial charge in [-0.15, -0.1) is 0 Å². The average molecular weight is 292 g/mol. The number of benzene rings is 1. The summed E-state index contributed by atoms with van der Waals surface area (Å²) in [5, 5.41) is 17.6. The molecule has 116 valence electrons. The van der Waals surface area contributed by atoms with Gasteiger partial charge < -0.3 is 21.6 Å². The minimum absolute atomic E-state index is 0.0317. The van der Waals surface area contributed by atoms with Crippen LogP contribution < -0.4 is 16.4 Å². The Morgan fingerprint density at radius 3 is 2.38 bits per heavy atom. The SMILES string of the molecule is CC(NCc1ccc(/C(N)=N/O)cc1)C(=O)NC(C)(C)C. The second kappa shape index (κ2) is 7.08. The quantitative estimate of drug-likeness (QED) is 0.283. The lowest BCUT2D eigenvalue weighted by molar-refractivity contribution is -0.124. The molecule has 0 bridgehead atoms. The summed E-state index contributed by atoms with van der Waals surface area (Å²) in [4.78, 5) is 11.9. The van der Waals surface area contributed by atoms with Gasteiger partial charge in [-0.05, 0) is 33.3 Å². The van der Waals surface area contributed by atoms with Crippen LogP contribution in [0.4, 0.5) is 0 Å². The first-order valence-electron chi connectivity index (χ1n) is 6.85. The normalized spacial score (nSPS) is 13.8. The van der Waals surface area contributed by atoms with Crippen molar-refractivity contribution in [3.8, 4) is 0 Å². The zero-order valence-corrected chi connectivity index (χ0v) is 13.0. The molecule has 0 aliphatic heterocycles. The predicted octanol–water partition coefficient (Wildman–Crippen LogP) is 1.17. The van der Waals surface area contributed by atoms with E-state index in [2.05, 4.69) is 15.8 Å². The molecule has 0 radical (unpaired) electrons. The predicted molar refractivity (Wildman–Crippen MR) is 83.2 cm³/mol. The van der Waals surface area contributed by atoms with Crippen LogP contribution in [0.15, 0.2) is 29.4 Å². The van der Waals surface area contributed by atoms with E-state index in [0.29, 0.717) is 12.1 Å². The van der Waals surface area contributed by atoms with Gasteiger partial charge in [-0.3, -0.25) is 4.79 Å². The highest BCUT2D eigenvalue weighted by molar-refractivity contribution is 5.96. The molecule has 5 N–H and O–H groups in total. The topological polar surface area (TPSA) is 99.7 Å². The van der Waals surface area contributed by atoms with Crippen molar-refractivity contribution in [2.24, 2.45) is 10.9 Å². The fourth-order valence-electron chi connectivity index (χ4n) is 1.69. The van der Waals surface area contributed by atoms with Gasteiger partial charge >= 0.3 is 0 Å². The smallest absolute Gasteiger partial charge is 0.237 e. The Labute approximate surface area is 125 Å². The maximum atomic E-state index is 11.9. The number of amidine groups is 1. The lowest BCUT2D eigenvalue weighted by Gasteiger charge is -2.23. The van der Waals surface area contributed by atoms with Crippen molar-refractivity contribution < 1.29 is 10.0 Å². The number of nitrogens with one attached hydrogen (secondary N) is 2. The third-order valence-electron chi connectivity index (χ3n) is 2.86. The van der Waals surface area contributed by atoms with Crippen LogP contribution in [-0.4, -0.2) is 28.5 Å². The van der Waals surface area contributed by atoms with Crippen LogP contribution in [0.3, 0.4) is 0 Å². The molecule has 1 aromatic carbocycles. The van der Waals surface area contributed by atoms with Crippen molar-refractivity contribution in [2.75, 3.05) is 0 Å². The van der Waals surface area contributed by atoms with Gasteiger partial charge in [0.2, 0.25) is 5.91 Å². The summed E-state index contributed by atoms with van der Waals surface area (Å²) in [5.74, 6) is 0.0446. The van der Waals surface area contributed by atoms with E-state index in [4.69, 9.17) is 10.9 Å². The Kier molecular flexibility index (Phi) is 5.72. The minimum atomic E-state index is -0.284. The molecule has 0 aliphatic carbocycles. The summed E-state index contributed by atoms with van der Waals surface area (Å²) < 4.78 is 0. The molecule has 1 unspecified atom stereocenters. The van der Waals surface area contributed by atoms with Crippen molar-refractivity contribution in [1.82, 2.24) is 10.6 Å². The van der Waals surface area contributed by atoms with Gasteiger partial charge in [0.1, 0.15) is 0 Å². The van der Waals surface area contributed by atoms with Crippen LogP contribution in [0.1, 0.15) is 38.8 Å². The van der Waals surface area contributed by atoms with Crippen LogP contribution in [0, 0.1) is 0 Å². The molecule has 0 saturated heterocycles. The zero-order valence-electron chi connectivity index (χ0n) is 13.0. The molecular formula is C15H24N4O2. The van der Waals surface area contributed by atoms with Gasteiger partial charge in [0.25, 0.3) is 0 Å². The van der Waals surface area contributed by atoms with Gasteiger partial charge in [-0.1, -0.05) is 29.4 Å². The molecular weight excluding hydrogens is 268 g/mol. The third kappa shape index (κ3) is 5.83. The van der Waals surface area contributed by atoms with Crippen LogP contribution in [0.25, 0.3) is 0 Å². The highest BCUT2D eigenvalue weighted by Gasteiger charge is 2.18. The number of amides is 1. The average Bonchev–Trinajstić information content (AvgIpc) is 2.42. The molecule has 0 heterocycles. The fraction of sp³-hybridized carbons (Fsp3) is 0.467. The van der Waals surface area contributed by atoms with Crippen LogP contribution in [-0.2, 0) is 11.3 Å². The maximum absolute atomic E-state index is 11.9. The van der Waals surface area contributed by atoms with E-state index in [-0.39, 0.29) is 23.3 Å². The van der Waals surface area contributed by atoms with Gasteiger partial charge in [-0.25, -0.2) is 0 Å². The van der Waals surface area contributed by atoms with Gasteiger partial charge in [0.15, 0.2) is 5.84 Å². The zero-order chi connectivity index (χ0) is 16.0. The van der Waals surface area contributed by atoms with Crippen LogP contribution in [0.2, 0.25) is 0 Å². The number of oxime groups is 1. The molecule has 21 heavy (non-hydrogen) atoms. The van der Waals surface area contributed by atoms with E-state index in [1.54, 1.807) is 12.1 Å². The number of nitrogens with two attached hydrogens (primary N) is 1. The molecule has 1 aromatic rings. The van der Waals surface area contributed by atoms with Crippen molar-refractivity contribution in [2.45, 2.75) is 45.8 Å². The summed E-state index contributed by atoms with van der Waals surface area (Å²) in [7, 11) is 0. The Morgan fingerprint density at radius 1 is 1.33 bits per heavy atom. The van der Waals surface area contributed by atoms with Crippen LogP contribution in [0.5, 0.6) is 0 Å². The monoisotopic (exact) mass is 292 g/mol. The maximum Gasteiger partial charge on any atom is 0.237 e. The molecule has 1 amide bonds. The van der Waals surface area contributed by atoms with Crippen LogP contribution >= 0.6 is 0 Å². The molecule has 0 fully saturated rings. The molecule has 6 nitrogen and oxygen atoms in total. The van der Waals surface area contributed by atoms with E-state index in [0.717, 1.165) is 5.56 Å². The highest BCUT2D eigenvalue weighted by atomic mass is 16.4.